The topological polar surface area (TPSA) is 66.6 Å². The number of thiophene rings is 1. The summed E-state index contributed by atoms with van der Waals surface area (Å²) in [4.78, 5) is 22.9. The fraction of sp³-hybridized carbons (Fsp3) is 0.375. The Morgan fingerprint density at radius 1 is 1.04 bits per heavy atom. The summed E-state index contributed by atoms with van der Waals surface area (Å²) in [6.45, 7) is 6.81. The van der Waals surface area contributed by atoms with E-state index in [2.05, 4.69) is 20.1 Å². The fourth-order valence-corrected chi connectivity index (χ4v) is 3.73. The van der Waals surface area contributed by atoms with Gasteiger partial charge in [-0.3, -0.25) is 4.79 Å². The smallest absolute Gasteiger partial charge is 0.264 e. The van der Waals surface area contributed by atoms with Gasteiger partial charge in [-0.05, 0) is 38.1 Å². The van der Waals surface area contributed by atoms with Crippen LogP contribution >= 0.6 is 11.3 Å². The lowest BCUT2D eigenvalue weighted by Gasteiger charge is -2.35. The number of aryl methyl sites for hydroxylation is 2. The number of rotatable bonds is 2. The number of carbonyl (C=O) groups excluding carboxylic acids is 1. The molecule has 124 valence electrons. The molecule has 1 aliphatic rings. The summed E-state index contributed by atoms with van der Waals surface area (Å²) >= 11 is 1.55. The van der Waals surface area contributed by atoms with E-state index in [0.717, 1.165) is 34.3 Å². The van der Waals surface area contributed by atoms with Gasteiger partial charge >= 0.3 is 0 Å². The van der Waals surface area contributed by atoms with Crippen molar-refractivity contribution in [3.8, 4) is 0 Å². The van der Waals surface area contributed by atoms with Crippen molar-refractivity contribution < 1.29 is 4.79 Å². The van der Waals surface area contributed by atoms with Crippen molar-refractivity contribution in [2.24, 2.45) is 0 Å². The van der Waals surface area contributed by atoms with E-state index >= 15 is 0 Å². The van der Waals surface area contributed by atoms with Crippen molar-refractivity contribution in [1.29, 1.82) is 0 Å². The Kier molecular flexibility index (Phi) is 3.68. The molecule has 0 radical (unpaired) electrons. The Labute approximate surface area is 143 Å². The first kappa shape index (κ1) is 15.1. The zero-order valence-electron chi connectivity index (χ0n) is 13.6. The minimum Gasteiger partial charge on any atom is -0.352 e. The van der Waals surface area contributed by atoms with E-state index in [9.17, 15) is 4.79 Å². The quantitative estimate of drug-likeness (QED) is 0.710. The Hall–Kier alpha value is -2.48. The molecule has 1 aliphatic heterocycles. The third kappa shape index (κ3) is 2.73. The normalized spacial score (nSPS) is 15.2. The second-order valence-electron chi connectivity index (χ2n) is 5.89. The molecule has 0 spiro atoms. The molecule has 24 heavy (non-hydrogen) atoms. The van der Waals surface area contributed by atoms with Gasteiger partial charge in [0.25, 0.3) is 5.91 Å². The third-order valence-corrected chi connectivity index (χ3v) is 5.13. The molecular weight excluding hydrogens is 324 g/mol. The number of fused-ring (bicyclic) bond motifs is 1. The average molecular weight is 342 g/mol. The number of hydrogen-bond acceptors (Lipinski definition) is 6. The van der Waals surface area contributed by atoms with E-state index in [1.807, 2.05) is 43.0 Å². The monoisotopic (exact) mass is 342 g/mol. The highest BCUT2D eigenvalue weighted by Gasteiger charge is 2.24. The van der Waals surface area contributed by atoms with Crippen molar-refractivity contribution in [2.45, 2.75) is 13.8 Å². The van der Waals surface area contributed by atoms with Crippen LogP contribution in [0.15, 0.2) is 24.3 Å². The molecule has 4 rings (SSSR count). The first-order valence-corrected chi connectivity index (χ1v) is 8.73. The molecule has 4 heterocycles. The number of nitrogens with zero attached hydrogens (tertiary/aromatic N) is 6. The molecule has 0 unspecified atom stereocenters. The van der Waals surface area contributed by atoms with Crippen molar-refractivity contribution in [3.63, 3.8) is 0 Å². The van der Waals surface area contributed by atoms with E-state index in [0.29, 0.717) is 18.9 Å². The van der Waals surface area contributed by atoms with E-state index in [1.165, 1.54) is 0 Å². The average Bonchev–Trinajstić information content (AvgIpc) is 3.18. The molecule has 0 N–H and O–H groups in total. The van der Waals surface area contributed by atoms with Crippen LogP contribution in [0.4, 0.5) is 5.82 Å². The van der Waals surface area contributed by atoms with Crippen LogP contribution in [0.3, 0.4) is 0 Å². The van der Waals surface area contributed by atoms with Crippen molar-refractivity contribution in [1.82, 2.24) is 24.7 Å². The molecule has 1 saturated heterocycles. The molecule has 0 aromatic carbocycles. The van der Waals surface area contributed by atoms with Gasteiger partial charge in [0.2, 0.25) is 0 Å². The molecule has 0 saturated carbocycles. The summed E-state index contributed by atoms with van der Waals surface area (Å²) < 4.78 is 1.57. The van der Waals surface area contributed by atoms with Gasteiger partial charge in [-0.2, -0.15) is 0 Å². The summed E-state index contributed by atoms with van der Waals surface area (Å²) in [6, 6.07) is 7.79. The molecule has 7 nitrogen and oxygen atoms in total. The third-order valence-electron chi connectivity index (χ3n) is 4.14. The molecule has 3 aromatic rings. The maximum Gasteiger partial charge on any atom is 0.264 e. The highest BCUT2D eigenvalue weighted by atomic mass is 32.1. The maximum absolute atomic E-state index is 12.5. The highest BCUT2D eigenvalue weighted by molar-refractivity contribution is 7.13. The van der Waals surface area contributed by atoms with Crippen molar-refractivity contribution in [2.75, 3.05) is 31.1 Å². The Balaban J connectivity index is 1.45. The lowest BCUT2D eigenvalue weighted by Crippen LogP contribution is -2.49. The van der Waals surface area contributed by atoms with Gasteiger partial charge in [0.05, 0.1) is 4.88 Å². The second kappa shape index (κ2) is 5.86. The molecule has 1 fully saturated rings. The van der Waals surface area contributed by atoms with Crippen LogP contribution in [0.2, 0.25) is 0 Å². The Morgan fingerprint density at radius 2 is 1.83 bits per heavy atom. The van der Waals surface area contributed by atoms with Gasteiger partial charge in [-0.1, -0.05) is 0 Å². The molecular formula is C16H18N6OS. The van der Waals surface area contributed by atoms with Gasteiger partial charge in [-0.15, -0.1) is 26.2 Å². The summed E-state index contributed by atoms with van der Waals surface area (Å²) in [5.74, 6) is 1.70. The number of hydrogen-bond donors (Lipinski definition) is 0. The molecule has 3 aromatic heterocycles. The van der Waals surface area contributed by atoms with Gasteiger partial charge in [0, 0.05) is 31.1 Å². The summed E-state index contributed by atoms with van der Waals surface area (Å²) in [5.41, 5.74) is 0.748. The molecule has 8 heteroatoms. The number of aromatic nitrogens is 4. The predicted molar refractivity (Wildman–Crippen MR) is 92.7 cm³/mol. The summed E-state index contributed by atoms with van der Waals surface area (Å²) in [7, 11) is 0. The first-order valence-electron chi connectivity index (χ1n) is 7.91. The summed E-state index contributed by atoms with van der Waals surface area (Å²) in [5, 5.41) is 8.78. The number of piperazine rings is 1. The van der Waals surface area contributed by atoms with E-state index < -0.39 is 0 Å². The Bertz CT molecular complexity index is 893. The number of carbonyl (C=O) groups is 1. The molecule has 0 bridgehead atoms. The number of amides is 1. The van der Waals surface area contributed by atoms with Crippen LogP contribution in [0.25, 0.3) is 5.65 Å². The van der Waals surface area contributed by atoms with Crippen LogP contribution in [-0.2, 0) is 0 Å². The van der Waals surface area contributed by atoms with Crippen LogP contribution in [0.1, 0.15) is 20.4 Å². The van der Waals surface area contributed by atoms with Gasteiger partial charge < -0.3 is 9.80 Å². The maximum atomic E-state index is 12.5. The highest BCUT2D eigenvalue weighted by Crippen LogP contribution is 2.19. The summed E-state index contributed by atoms with van der Waals surface area (Å²) in [6.07, 6.45) is 0. The zero-order chi connectivity index (χ0) is 16.7. The van der Waals surface area contributed by atoms with Crippen molar-refractivity contribution in [3.05, 3.63) is 39.8 Å². The first-order chi connectivity index (χ1) is 11.6. The minimum absolute atomic E-state index is 0.128. The Morgan fingerprint density at radius 3 is 2.54 bits per heavy atom. The molecule has 0 atom stereocenters. The standard InChI is InChI=1S/C16H18N6OS/c1-11-3-4-13(24-11)16(23)21-9-7-20(8-10-21)15-6-5-14-17-12(2)18-22(14)19-15/h3-6H,7-10H2,1-2H3. The van der Waals surface area contributed by atoms with Crippen LogP contribution < -0.4 is 4.90 Å². The largest absolute Gasteiger partial charge is 0.352 e. The minimum atomic E-state index is 0.128. The van der Waals surface area contributed by atoms with E-state index in [-0.39, 0.29) is 5.91 Å². The van der Waals surface area contributed by atoms with Crippen LogP contribution in [0.5, 0.6) is 0 Å². The zero-order valence-corrected chi connectivity index (χ0v) is 14.5. The fourth-order valence-electron chi connectivity index (χ4n) is 2.89. The van der Waals surface area contributed by atoms with Gasteiger partial charge in [-0.25, -0.2) is 4.98 Å². The van der Waals surface area contributed by atoms with E-state index in [4.69, 9.17) is 0 Å². The molecule has 0 aliphatic carbocycles. The second-order valence-corrected chi connectivity index (χ2v) is 7.18. The lowest BCUT2D eigenvalue weighted by atomic mass is 10.3. The van der Waals surface area contributed by atoms with Crippen molar-refractivity contribution >= 4 is 28.7 Å². The van der Waals surface area contributed by atoms with E-state index in [1.54, 1.807) is 16.0 Å². The van der Waals surface area contributed by atoms with Gasteiger partial charge in [0.1, 0.15) is 5.82 Å². The van der Waals surface area contributed by atoms with Crippen LogP contribution in [0, 0.1) is 13.8 Å². The van der Waals surface area contributed by atoms with Gasteiger partial charge in [0.15, 0.2) is 11.5 Å². The SMILES string of the molecule is Cc1nc2ccc(N3CCN(C(=O)c4ccc(C)s4)CC3)nn2n1. The van der Waals surface area contributed by atoms with Crippen LogP contribution in [-0.4, -0.2) is 56.8 Å². The molecule has 1 amide bonds. The predicted octanol–water partition coefficient (Wildman–Crippen LogP) is 1.77. The lowest BCUT2D eigenvalue weighted by molar-refractivity contribution is 0.0751. The number of anilines is 1.